The molecule has 0 atom stereocenters. The minimum Gasteiger partial charge on any atom is -0.298 e. The van der Waals surface area contributed by atoms with Gasteiger partial charge in [0.05, 0.1) is 0 Å². The van der Waals surface area contributed by atoms with Gasteiger partial charge in [-0.15, -0.1) is 11.3 Å². The van der Waals surface area contributed by atoms with E-state index in [1.54, 1.807) is 6.33 Å². The lowest BCUT2D eigenvalue weighted by molar-refractivity contribution is 0.281. The first-order valence-corrected chi connectivity index (χ1v) is 7.61. The largest absolute Gasteiger partial charge is 0.298 e. The van der Waals surface area contributed by atoms with Crippen LogP contribution in [0.2, 0.25) is 0 Å². The highest BCUT2D eigenvalue weighted by Crippen LogP contribution is 2.20. The smallest absolute Gasteiger partial charge is 0.115 e. The molecule has 0 amide bonds. The molecule has 100 valence electrons. The molecule has 1 aliphatic heterocycles. The zero-order valence-electron chi connectivity index (χ0n) is 11.5. The first-order chi connectivity index (χ1) is 9.22. The molecule has 1 aliphatic rings. The van der Waals surface area contributed by atoms with Crippen LogP contribution in [-0.2, 0) is 19.4 Å². The lowest BCUT2D eigenvalue weighted by Gasteiger charge is -2.18. The van der Waals surface area contributed by atoms with Crippen LogP contribution in [-0.4, -0.2) is 28.0 Å². The van der Waals surface area contributed by atoms with Crippen molar-refractivity contribution in [2.24, 2.45) is 0 Å². The molecule has 0 spiro atoms. The molecule has 3 rings (SSSR count). The van der Waals surface area contributed by atoms with Crippen molar-refractivity contribution in [2.45, 2.75) is 33.2 Å². The van der Waals surface area contributed by atoms with E-state index in [9.17, 15) is 0 Å². The third kappa shape index (κ3) is 2.85. The van der Waals surface area contributed by atoms with Crippen LogP contribution in [0.25, 0.3) is 0 Å². The van der Waals surface area contributed by atoms with Gasteiger partial charge in [0, 0.05) is 47.2 Å². The molecular formula is C15H19N3S. The zero-order valence-corrected chi connectivity index (χ0v) is 12.3. The zero-order chi connectivity index (χ0) is 13.2. The maximum Gasteiger partial charge on any atom is 0.115 e. The van der Waals surface area contributed by atoms with Crippen molar-refractivity contribution in [3.63, 3.8) is 0 Å². The number of thiophene rings is 1. The van der Waals surface area contributed by atoms with Gasteiger partial charge in [-0.05, 0) is 38.0 Å². The van der Waals surface area contributed by atoms with Crippen LogP contribution in [0.5, 0.6) is 0 Å². The van der Waals surface area contributed by atoms with Gasteiger partial charge in [0.25, 0.3) is 0 Å². The van der Waals surface area contributed by atoms with Crippen molar-refractivity contribution in [1.82, 2.24) is 14.9 Å². The summed E-state index contributed by atoms with van der Waals surface area (Å²) >= 11 is 1.91. The fourth-order valence-corrected chi connectivity index (χ4v) is 3.62. The number of fused-ring (bicyclic) bond motifs is 1. The summed E-state index contributed by atoms with van der Waals surface area (Å²) in [5, 5.41) is 0. The van der Waals surface area contributed by atoms with E-state index in [2.05, 4.69) is 40.8 Å². The predicted molar refractivity (Wildman–Crippen MR) is 78.5 cm³/mol. The topological polar surface area (TPSA) is 29.0 Å². The summed E-state index contributed by atoms with van der Waals surface area (Å²) in [6.45, 7) is 7.54. The first-order valence-electron chi connectivity index (χ1n) is 6.79. The summed E-state index contributed by atoms with van der Waals surface area (Å²) < 4.78 is 0. The van der Waals surface area contributed by atoms with Gasteiger partial charge in [-0.3, -0.25) is 4.90 Å². The Kier molecular flexibility index (Phi) is 3.62. The van der Waals surface area contributed by atoms with E-state index in [4.69, 9.17) is 0 Å². The molecule has 0 bridgehead atoms. The summed E-state index contributed by atoms with van der Waals surface area (Å²) in [5.74, 6) is 0. The van der Waals surface area contributed by atoms with E-state index in [1.807, 2.05) is 11.3 Å². The fourth-order valence-electron chi connectivity index (χ4n) is 2.68. The van der Waals surface area contributed by atoms with Gasteiger partial charge in [0.1, 0.15) is 6.33 Å². The van der Waals surface area contributed by atoms with Crippen molar-refractivity contribution < 1.29 is 0 Å². The molecule has 0 radical (unpaired) electrons. The Bertz CT molecular complexity index is 577. The van der Waals surface area contributed by atoms with E-state index < -0.39 is 0 Å². The molecule has 2 aromatic heterocycles. The second-order valence-electron chi connectivity index (χ2n) is 5.17. The normalized spacial score (nSPS) is 16.1. The SMILES string of the molecule is Cc1ccc(CN2CCc3ncnc(C)c3CC2)s1. The molecule has 0 fully saturated rings. The molecule has 0 aromatic carbocycles. The van der Waals surface area contributed by atoms with E-state index in [0.29, 0.717) is 0 Å². The maximum atomic E-state index is 4.45. The number of nitrogens with zero attached hydrogens (tertiary/aromatic N) is 3. The molecule has 0 saturated heterocycles. The van der Waals surface area contributed by atoms with Crippen LogP contribution in [0.3, 0.4) is 0 Å². The van der Waals surface area contributed by atoms with E-state index in [1.165, 1.54) is 21.0 Å². The fraction of sp³-hybridized carbons (Fsp3) is 0.467. The molecule has 4 heteroatoms. The van der Waals surface area contributed by atoms with Gasteiger partial charge in [0.15, 0.2) is 0 Å². The average Bonchev–Trinajstić information content (AvgIpc) is 2.68. The van der Waals surface area contributed by atoms with Gasteiger partial charge in [0.2, 0.25) is 0 Å². The summed E-state index contributed by atoms with van der Waals surface area (Å²) in [4.78, 5) is 14.2. The molecule has 3 heterocycles. The van der Waals surface area contributed by atoms with Crippen LogP contribution in [0, 0.1) is 13.8 Å². The third-order valence-electron chi connectivity index (χ3n) is 3.77. The molecule has 0 saturated carbocycles. The Labute approximate surface area is 118 Å². The number of hydrogen-bond acceptors (Lipinski definition) is 4. The van der Waals surface area contributed by atoms with E-state index in [0.717, 1.165) is 38.2 Å². The standard InChI is InChI=1S/C15H19N3S/c1-11-3-4-13(19-11)9-18-7-5-14-12(2)16-10-17-15(14)6-8-18/h3-4,10H,5-9H2,1-2H3. The molecule has 19 heavy (non-hydrogen) atoms. The van der Waals surface area contributed by atoms with Crippen LogP contribution >= 0.6 is 11.3 Å². The monoisotopic (exact) mass is 273 g/mol. The lowest BCUT2D eigenvalue weighted by Crippen LogP contribution is -2.25. The van der Waals surface area contributed by atoms with Crippen LogP contribution in [0.15, 0.2) is 18.5 Å². The first kappa shape index (κ1) is 12.8. The highest BCUT2D eigenvalue weighted by molar-refractivity contribution is 7.11. The van der Waals surface area contributed by atoms with E-state index in [-0.39, 0.29) is 0 Å². The van der Waals surface area contributed by atoms with Crippen molar-refractivity contribution in [3.8, 4) is 0 Å². The Hall–Kier alpha value is -1.26. The quantitative estimate of drug-likeness (QED) is 0.842. The summed E-state index contributed by atoms with van der Waals surface area (Å²) in [7, 11) is 0. The number of rotatable bonds is 2. The molecule has 0 N–H and O–H groups in total. The molecule has 3 nitrogen and oxygen atoms in total. The van der Waals surface area contributed by atoms with Crippen LogP contribution < -0.4 is 0 Å². The van der Waals surface area contributed by atoms with Gasteiger partial charge < -0.3 is 0 Å². The van der Waals surface area contributed by atoms with Gasteiger partial charge in [-0.1, -0.05) is 0 Å². The maximum absolute atomic E-state index is 4.45. The summed E-state index contributed by atoms with van der Waals surface area (Å²) in [6, 6.07) is 4.46. The molecule has 2 aromatic rings. The van der Waals surface area contributed by atoms with Crippen LogP contribution in [0.1, 0.15) is 26.7 Å². The van der Waals surface area contributed by atoms with Gasteiger partial charge >= 0.3 is 0 Å². The second-order valence-corrected chi connectivity index (χ2v) is 6.55. The van der Waals surface area contributed by atoms with Crippen molar-refractivity contribution in [3.05, 3.63) is 45.2 Å². The number of aromatic nitrogens is 2. The summed E-state index contributed by atoms with van der Waals surface area (Å²) in [6.07, 6.45) is 3.82. The number of hydrogen-bond donors (Lipinski definition) is 0. The van der Waals surface area contributed by atoms with Crippen molar-refractivity contribution in [1.29, 1.82) is 0 Å². The third-order valence-corrected chi connectivity index (χ3v) is 4.75. The predicted octanol–water partition coefficient (Wildman–Crippen LogP) is 2.76. The minimum atomic E-state index is 1.04. The molecular weight excluding hydrogens is 254 g/mol. The van der Waals surface area contributed by atoms with E-state index >= 15 is 0 Å². The number of aryl methyl sites for hydroxylation is 2. The Balaban J connectivity index is 1.71. The minimum absolute atomic E-state index is 1.04. The lowest BCUT2D eigenvalue weighted by atomic mass is 10.1. The van der Waals surface area contributed by atoms with Gasteiger partial charge in [-0.2, -0.15) is 0 Å². The van der Waals surface area contributed by atoms with Gasteiger partial charge in [-0.25, -0.2) is 9.97 Å². The summed E-state index contributed by atoms with van der Waals surface area (Å²) in [5.41, 5.74) is 3.77. The highest BCUT2D eigenvalue weighted by atomic mass is 32.1. The molecule has 0 aliphatic carbocycles. The van der Waals surface area contributed by atoms with Crippen molar-refractivity contribution >= 4 is 11.3 Å². The second kappa shape index (κ2) is 5.39. The van der Waals surface area contributed by atoms with Crippen LogP contribution in [0.4, 0.5) is 0 Å². The highest BCUT2D eigenvalue weighted by Gasteiger charge is 2.17. The average molecular weight is 273 g/mol. The molecule has 0 unspecified atom stereocenters. The Morgan fingerprint density at radius 2 is 2.00 bits per heavy atom. The van der Waals surface area contributed by atoms with Crippen molar-refractivity contribution in [2.75, 3.05) is 13.1 Å². The Morgan fingerprint density at radius 1 is 1.16 bits per heavy atom. The Morgan fingerprint density at radius 3 is 2.79 bits per heavy atom.